The minimum absolute atomic E-state index is 0.0732. The van der Waals surface area contributed by atoms with Gasteiger partial charge in [-0.3, -0.25) is 9.59 Å². The molecule has 4 rings (SSSR count). The van der Waals surface area contributed by atoms with Gasteiger partial charge in [-0.15, -0.1) is 0 Å². The van der Waals surface area contributed by atoms with Crippen molar-refractivity contribution >= 4 is 50.9 Å². The fourth-order valence-electron chi connectivity index (χ4n) is 4.99. The van der Waals surface area contributed by atoms with Crippen LogP contribution in [-0.2, 0) is 22.6 Å². The zero-order chi connectivity index (χ0) is 28.6. The molecule has 1 N–H and O–H groups in total. The van der Waals surface area contributed by atoms with Crippen LogP contribution in [0.4, 0.5) is 0 Å². The smallest absolute Gasteiger partial charge is 0.261 e. The molecule has 212 valence electrons. The Labute approximate surface area is 255 Å². The fraction of sp³-hybridized carbons (Fsp3) is 0.375. The number of hydrogen-bond acceptors (Lipinski definition) is 3. The quantitative estimate of drug-likeness (QED) is 0.230. The number of carbonyl (C=O) groups excluding carboxylic acids is 2. The predicted octanol–water partition coefficient (Wildman–Crippen LogP) is 7.96. The molecule has 0 radical (unpaired) electrons. The van der Waals surface area contributed by atoms with Crippen LogP contribution in [0.25, 0.3) is 0 Å². The molecule has 1 atom stereocenters. The summed E-state index contributed by atoms with van der Waals surface area (Å²) in [5.41, 5.74) is 2.70. The van der Waals surface area contributed by atoms with Gasteiger partial charge < -0.3 is 15.0 Å². The lowest BCUT2D eigenvalue weighted by Gasteiger charge is -2.32. The van der Waals surface area contributed by atoms with Gasteiger partial charge in [0.05, 0.1) is 4.47 Å². The van der Waals surface area contributed by atoms with Crippen LogP contribution >= 0.6 is 39.1 Å². The second-order valence-corrected chi connectivity index (χ2v) is 12.2. The molecule has 0 bridgehead atoms. The van der Waals surface area contributed by atoms with E-state index in [1.807, 2.05) is 48.5 Å². The van der Waals surface area contributed by atoms with Gasteiger partial charge in [-0.2, -0.15) is 0 Å². The molecule has 8 heteroatoms. The Hall–Kier alpha value is -2.54. The summed E-state index contributed by atoms with van der Waals surface area (Å²) >= 11 is 16.6. The minimum atomic E-state index is -0.779. The molecule has 0 aliphatic heterocycles. The third-order valence-corrected chi connectivity index (χ3v) is 8.66. The van der Waals surface area contributed by atoms with Crippen LogP contribution in [0, 0.1) is 0 Å². The molecule has 0 heterocycles. The molecule has 5 nitrogen and oxygen atoms in total. The summed E-state index contributed by atoms with van der Waals surface area (Å²) in [7, 11) is 0. The molecule has 2 amide bonds. The summed E-state index contributed by atoms with van der Waals surface area (Å²) in [4.78, 5) is 29.3. The number of hydrogen-bond donors (Lipinski definition) is 1. The fourth-order valence-corrected chi connectivity index (χ4v) is 6.02. The van der Waals surface area contributed by atoms with E-state index in [1.54, 1.807) is 23.1 Å². The average Bonchev–Trinajstić information content (AvgIpc) is 3.44. The summed E-state index contributed by atoms with van der Waals surface area (Å²) in [5.74, 6) is 0.400. The second-order valence-electron chi connectivity index (χ2n) is 10.6. The van der Waals surface area contributed by atoms with Crippen LogP contribution in [0.1, 0.15) is 62.1 Å². The van der Waals surface area contributed by atoms with Crippen molar-refractivity contribution in [3.63, 3.8) is 0 Å². The van der Waals surface area contributed by atoms with Crippen molar-refractivity contribution in [3.05, 3.63) is 97.9 Å². The molecular weight excluding hydrogens is 611 g/mol. The standard InChI is InChI=1S/C32H35BrCl2N2O3/c1-21(2)23-15-16-30(26(33)18-23)40-20-31(38)37(19-25-27(34)13-8-14-28(25)35)29(17-22-9-4-3-5-10-22)32(39)36-24-11-6-7-12-24/h3-5,8-10,13-16,18,21,24,29H,6-7,11-12,17,19-20H2,1-2H3,(H,36,39)/t29-/m0/s1. The van der Waals surface area contributed by atoms with Gasteiger partial charge in [-0.25, -0.2) is 0 Å². The monoisotopic (exact) mass is 644 g/mol. The number of benzene rings is 3. The van der Waals surface area contributed by atoms with E-state index in [9.17, 15) is 9.59 Å². The summed E-state index contributed by atoms with van der Waals surface area (Å²) in [6, 6.07) is 20.1. The Morgan fingerprint density at radius 2 is 1.68 bits per heavy atom. The molecule has 40 heavy (non-hydrogen) atoms. The maximum atomic E-state index is 13.9. The third kappa shape index (κ3) is 8.02. The van der Waals surface area contributed by atoms with Gasteiger partial charge in [0.2, 0.25) is 5.91 Å². The lowest BCUT2D eigenvalue weighted by molar-refractivity contribution is -0.143. The van der Waals surface area contributed by atoms with E-state index in [4.69, 9.17) is 27.9 Å². The molecule has 0 aromatic heterocycles. The van der Waals surface area contributed by atoms with Crippen molar-refractivity contribution in [3.8, 4) is 5.75 Å². The van der Waals surface area contributed by atoms with E-state index in [2.05, 4.69) is 35.1 Å². The highest BCUT2D eigenvalue weighted by atomic mass is 79.9. The number of ether oxygens (including phenoxy) is 1. The van der Waals surface area contributed by atoms with Crippen LogP contribution < -0.4 is 10.1 Å². The first-order valence-corrected chi connectivity index (χ1v) is 15.3. The van der Waals surface area contributed by atoms with Gasteiger partial charge in [-0.05, 0) is 70.1 Å². The molecule has 1 fully saturated rings. The maximum absolute atomic E-state index is 13.9. The van der Waals surface area contributed by atoms with Crippen molar-refractivity contribution in [1.82, 2.24) is 10.2 Å². The molecule has 1 saturated carbocycles. The summed E-state index contributed by atoms with van der Waals surface area (Å²) in [6.45, 7) is 4.06. The summed E-state index contributed by atoms with van der Waals surface area (Å²) < 4.78 is 6.76. The normalized spacial score (nSPS) is 14.2. The molecular formula is C32H35BrCl2N2O3. The molecule has 3 aromatic rings. The number of carbonyl (C=O) groups is 2. The number of nitrogens with zero attached hydrogens (tertiary/aromatic N) is 1. The Balaban J connectivity index is 1.64. The Morgan fingerprint density at radius 1 is 1.00 bits per heavy atom. The van der Waals surface area contributed by atoms with Crippen molar-refractivity contribution in [2.45, 2.75) is 70.5 Å². The van der Waals surface area contributed by atoms with Crippen molar-refractivity contribution in [2.24, 2.45) is 0 Å². The van der Waals surface area contributed by atoms with E-state index >= 15 is 0 Å². The van der Waals surface area contributed by atoms with E-state index in [0.29, 0.717) is 33.7 Å². The first-order chi connectivity index (χ1) is 19.2. The van der Waals surface area contributed by atoms with Gasteiger partial charge in [0.15, 0.2) is 6.61 Å². The van der Waals surface area contributed by atoms with Gasteiger partial charge >= 0.3 is 0 Å². The third-order valence-electron chi connectivity index (χ3n) is 7.34. The topological polar surface area (TPSA) is 58.6 Å². The lowest BCUT2D eigenvalue weighted by Crippen LogP contribution is -2.53. The number of amides is 2. The van der Waals surface area contributed by atoms with Crippen LogP contribution in [0.15, 0.2) is 71.2 Å². The van der Waals surface area contributed by atoms with Crippen LogP contribution in [0.3, 0.4) is 0 Å². The zero-order valence-corrected chi connectivity index (χ0v) is 25.9. The largest absolute Gasteiger partial charge is 0.483 e. The van der Waals surface area contributed by atoms with Gasteiger partial charge in [0.25, 0.3) is 5.91 Å². The van der Waals surface area contributed by atoms with Crippen LogP contribution in [0.2, 0.25) is 10.0 Å². The number of rotatable bonds is 11. The zero-order valence-electron chi connectivity index (χ0n) is 22.8. The predicted molar refractivity (Wildman–Crippen MR) is 165 cm³/mol. The molecule has 0 saturated heterocycles. The van der Waals surface area contributed by atoms with Crippen molar-refractivity contribution in [2.75, 3.05) is 6.61 Å². The lowest BCUT2D eigenvalue weighted by atomic mass is 10.0. The van der Waals surface area contributed by atoms with Crippen LogP contribution in [0.5, 0.6) is 5.75 Å². The van der Waals surface area contributed by atoms with Gasteiger partial charge in [-0.1, -0.05) is 92.4 Å². The number of nitrogens with one attached hydrogen (secondary N) is 1. The Kier molecular flexibility index (Phi) is 10.9. The van der Waals surface area contributed by atoms with Crippen LogP contribution in [-0.4, -0.2) is 35.4 Å². The molecule has 3 aromatic carbocycles. The highest BCUT2D eigenvalue weighted by Gasteiger charge is 2.33. The Bertz CT molecular complexity index is 1290. The first-order valence-electron chi connectivity index (χ1n) is 13.7. The summed E-state index contributed by atoms with van der Waals surface area (Å²) in [6.07, 6.45) is 4.41. The molecule has 0 spiro atoms. The molecule has 1 aliphatic rings. The van der Waals surface area contributed by atoms with E-state index in [1.165, 1.54) is 0 Å². The molecule has 1 aliphatic carbocycles. The van der Waals surface area contributed by atoms with E-state index in [0.717, 1.165) is 41.3 Å². The summed E-state index contributed by atoms with van der Waals surface area (Å²) in [5, 5.41) is 4.08. The number of halogens is 3. The average molecular weight is 646 g/mol. The van der Waals surface area contributed by atoms with Gasteiger partial charge in [0, 0.05) is 34.6 Å². The maximum Gasteiger partial charge on any atom is 0.261 e. The van der Waals surface area contributed by atoms with Crippen molar-refractivity contribution < 1.29 is 14.3 Å². The van der Waals surface area contributed by atoms with E-state index in [-0.39, 0.29) is 31.0 Å². The highest BCUT2D eigenvalue weighted by molar-refractivity contribution is 9.10. The second kappa shape index (κ2) is 14.4. The van der Waals surface area contributed by atoms with Gasteiger partial charge in [0.1, 0.15) is 11.8 Å². The highest BCUT2D eigenvalue weighted by Crippen LogP contribution is 2.30. The first kappa shape index (κ1) is 30.4. The SMILES string of the molecule is CC(C)c1ccc(OCC(=O)N(Cc2c(Cl)cccc2Cl)[C@@H](Cc2ccccc2)C(=O)NC2CCCC2)c(Br)c1. The Morgan fingerprint density at radius 3 is 2.30 bits per heavy atom. The molecule has 0 unspecified atom stereocenters. The van der Waals surface area contributed by atoms with Crippen molar-refractivity contribution in [1.29, 1.82) is 0 Å². The van der Waals surface area contributed by atoms with E-state index < -0.39 is 6.04 Å². The minimum Gasteiger partial charge on any atom is -0.483 e.